The molecule has 1 N–H and O–H groups in total. The van der Waals surface area contributed by atoms with Crippen molar-refractivity contribution in [2.24, 2.45) is 0 Å². The molecule has 0 bridgehead atoms. The largest absolute Gasteiger partial charge is 0.337 e. The monoisotopic (exact) mass is 302 g/mol. The van der Waals surface area contributed by atoms with Crippen LogP contribution < -0.4 is 0 Å². The lowest BCUT2D eigenvalue weighted by Crippen LogP contribution is -2.29. The fourth-order valence-corrected chi connectivity index (χ4v) is 3.86. The number of nitrogens with zero attached hydrogens (tertiary/aromatic N) is 3. The predicted molar refractivity (Wildman–Crippen MR) is 81.0 cm³/mol. The average molecular weight is 302 g/mol. The number of likely N-dealkylation sites (tertiary alicyclic amines) is 1. The van der Waals surface area contributed by atoms with Gasteiger partial charge in [0.25, 0.3) is 5.91 Å². The molecule has 0 spiro atoms. The first-order chi connectivity index (χ1) is 10.3. The van der Waals surface area contributed by atoms with Gasteiger partial charge in [-0.15, -0.1) is 0 Å². The van der Waals surface area contributed by atoms with Crippen molar-refractivity contribution in [3.8, 4) is 0 Å². The van der Waals surface area contributed by atoms with E-state index in [1.165, 1.54) is 5.56 Å². The summed E-state index contributed by atoms with van der Waals surface area (Å²) in [4.78, 5) is 16.8. The van der Waals surface area contributed by atoms with Gasteiger partial charge in [-0.25, -0.2) is 0 Å². The Balaban J connectivity index is 1.50. The second-order valence-corrected chi connectivity index (χ2v) is 6.59. The van der Waals surface area contributed by atoms with E-state index >= 15 is 0 Å². The van der Waals surface area contributed by atoms with Crippen LogP contribution in [-0.2, 0) is 19.6 Å². The van der Waals surface area contributed by atoms with Crippen molar-refractivity contribution in [1.29, 1.82) is 0 Å². The van der Waals surface area contributed by atoms with Gasteiger partial charge in [0.2, 0.25) is 0 Å². The first kappa shape index (κ1) is 13.0. The molecule has 1 saturated heterocycles. The number of aromatic nitrogens is 2. The van der Waals surface area contributed by atoms with E-state index in [1.807, 2.05) is 4.90 Å². The van der Waals surface area contributed by atoms with Gasteiger partial charge in [-0.3, -0.25) is 14.8 Å². The van der Waals surface area contributed by atoms with Gasteiger partial charge in [0.1, 0.15) is 0 Å². The molecule has 2 aliphatic rings. The van der Waals surface area contributed by atoms with E-state index < -0.39 is 0 Å². The maximum absolute atomic E-state index is 12.5. The summed E-state index contributed by atoms with van der Waals surface area (Å²) in [6.45, 7) is 4.35. The molecule has 110 valence electrons. The average Bonchev–Trinajstić information content (AvgIpc) is 3.24. The van der Waals surface area contributed by atoms with E-state index in [1.54, 1.807) is 11.3 Å². The Hall–Kier alpha value is -1.66. The second kappa shape index (κ2) is 5.27. The van der Waals surface area contributed by atoms with Crippen LogP contribution >= 0.6 is 11.3 Å². The number of fused-ring (bicyclic) bond motifs is 1. The fourth-order valence-electron chi connectivity index (χ4n) is 3.20. The van der Waals surface area contributed by atoms with E-state index in [0.29, 0.717) is 5.69 Å². The number of amides is 1. The van der Waals surface area contributed by atoms with E-state index in [0.717, 1.165) is 56.8 Å². The smallest absolute Gasteiger partial charge is 0.274 e. The predicted octanol–water partition coefficient (Wildman–Crippen LogP) is 2.22. The summed E-state index contributed by atoms with van der Waals surface area (Å²) >= 11 is 1.73. The van der Waals surface area contributed by atoms with E-state index in [2.05, 4.69) is 31.9 Å². The van der Waals surface area contributed by atoms with E-state index in [9.17, 15) is 4.79 Å². The number of H-pyrrole nitrogens is 1. The summed E-state index contributed by atoms with van der Waals surface area (Å²) in [7, 11) is 0. The number of hydrogen-bond donors (Lipinski definition) is 1. The van der Waals surface area contributed by atoms with Crippen LogP contribution in [0.15, 0.2) is 16.8 Å². The van der Waals surface area contributed by atoms with Gasteiger partial charge in [0.05, 0.1) is 5.69 Å². The van der Waals surface area contributed by atoms with Crippen LogP contribution in [0.2, 0.25) is 0 Å². The molecule has 0 saturated carbocycles. The Kier molecular flexibility index (Phi) is 3.27. The van der Waals surface area contributed by atoms with Crippen LogP contribution in [0.4, 0.5) is 0 Å². The van der Waals surface area contributed by atoms with Crippen molar-refractivity contribution >= 4 is 17.2 Å². The Morgan fingerprint density at radius 3 is 2.95 bits per heavy atom. The Morgan fingerprint density at radius 1 is 1.33 bits per heavy atom. The van der Waals surface area contributed by atoms with Crippen LogP contribution in [0.3, 0.4) is 0 Å². The Morgan fingerprint density at radius 2 is 2.19 bits per heavy atom. The van der Waals surface area contributed by atoms with Crippen molar-refractivity contribution in [3.63, 3.8) is 0 Å². The topological polar surface area (TPSA) is 52.2 Å². The third-order valence-corrected chi connectivity index (χ3v) is 5.03. The zero-order valence-electron chi connectivity index (χ0n) is 11.8. The Bertz CT molecular complexity index is 643. The summed E-state index contributed by atoms with van der Waals surface area (Å²) in [5.41, 5.74) is 4.18. The third-order valence-electron chi connectivity index (χ3n) is 4.30. The van der Waals surface area contributed by atoms with Crippen LogP contribution in [0, 0.1) is 0 Å². The van der Waals surface area contributed by atoms with Crippen LogP contribution in [-0.4, -0.2) is 39.0 Å². The number of carbonyl (C=O) groups excluding carboxylic acids is 1. The van der Waals surface area contributed by atoms with Gasteiger partial charge in [0.15, 0.2) is 5.69 Å². The SMILES string of the molecule is O=C(c1n[nH]c2c1CN(Cc1ccsc1)C2)N1CCCC1. The molecule has 1 amide bonds. The highest BCUT2D eigenvalue weighted by atomic mass is 32.1. The standard InChI is InChI=1S/C15H18N4OS/c20-15(19-4-1-2-5-19)14-12-8-18(9-13(12)16-17-14)7-11-3-6-21-10-11/h3,6,10H,1-2,4-5,7-9H2,(H,16,17). The molecule has 4 heterocycles. The molecule has 6 heteroatoms. The highest BCUT2D eigenvalue weighted by molar-refractivity contribution is 7.07. The minimum atomic E-state index is 0.0994. The lowest BCUT2D eigenvalue weighted by Gasteiger charge is -2.16. The van der Waals surface area contributed by atoms with Crippen molar-refractivity contribution in [1.82, 2.24) is 20.0 Å². The fraction of sp³-hybridized carbons (Fsp3) is 0.467. The summed E-state index contributed by atoms with van der Waals surface area (Å²) in [6.07, 6.45) is 2.23. The maximum atomic E-state index is 12.5. The lowest BCUT2D eigenvalue weighted by atomic mass is 10.2. The van der Waals surface area contributed by atoms with Gasteiger partial charge in [-0.05, 0) is 35.2 Å². The summed E-state index contributed by atoms with van der Waals surface area (Å²) in [5, 5.41) is 11.6. The molecular weight excluding hydrogens is 284 g/mol. The minimum absolute atomic E-state index is 0.0994. The van der Waals surface area contributed by atoms with Crippen molar-refractivity contribution in [2.75, 3.05) is 13.1 Å². The maximum Gasteiger partial charge on any atom is 0.274 e. The number of carbonyl (C=O) groups is 1. The van der Waals surface area contributed by atoms with Gasteiger partial charge < -0.3 is 4.90 Å². The third kappa shape index (κ3) is 2.38. The molecule has 0 aliphatic carbocycles. The van der Waals surface area contributed by atoms with Crippen LogP contribution in [0.1, 0.15) is 40.2 Å². The minimum Gasteiger partial charge on any atom is -0.337 e. The molecule has 21 heavy (non-hydrogen) atoms. The van der Waals surface area contributed by atoms with Crippen molar-refractivity contribution in [3.05, 3.63) is 39.3 Å². The van der Waals surface area contributed by atoms with E-state index in [-0.39, 0.29) is 5.91 Å². The quantitative estimate of drug-likeness (QED) is 0.946. The second-order valence-electron chi connectivity index (χ2n) is 5.81. The molecule has 2 aliphatic heterocycles. The zero-order valence-corrected chi connectivity index (χ0v) is 12.7. The van der Waals surface area contributed by atoms with Crippen molar-refractivity contribution < 1.29 is 4.79 Å². The number of hydrogen-bond acceptors (Lipinski definition) is 4. The van der Waals surface area contributed by atoms with Crippen molar-refractivity contribution in [2.45, 2.75) is 32.5 Å². The summed E-state index contributed by atoms with van der Waals surface area (Å²) in [5.74, 6) is 0.0994. The van der Waals surface area contributed by atoms with E-state index in [4.69, 9.17) is 0 Å². The summed E-state index contributed by atoms with van der Waals surface area (Å²) in [6, 6.07) is 2.16. The Labute approximate surface area is 127 Å². The van der Waals surface area contributed by atoms with Crippen LogP contribution in [0.5, 0.6) is 0 Å². The molecule has 4 rings (SSSR count). The van der Waals surface area contributed by atoms with Crippen LogP contribution in [0.25, 0.3) is 0 Å². The molecule has 5 nitrogen and oxygen atoms in total. The molecular formula is C15H18N4OS. The summed E-state index contributed by atoms with van der Waals surface area (Å²) < 4.78 is 0. The number of nitrogens with one attached hydrogen (secondary N) is 1. The lowest BCUT2D eigenvalue weighted by molar-refractivity contribution is 0.0785. The zero-order chi connectivity index (χ0) is 14.2. The first-order valence-corrected chi connectivity index (χ1v) is 8.34. The highest BCUT2D eigenvalue weighted by Gasteiger charge is 2.30. The van der Waals surface area contributed by atoms with Gasteiger partial charge in [-0.2, -0.15) is 16.4 Å². The first-order valence-electron chi connectivity index (χ1n) is 7.40. The van der Waals surface area contributed by atoms with Gasteiger partial charge >= 0.3 is 0 Å². The molecule has 2 aromatic rings. The normalized spacial score (nSPS) is 18.4. The molecule has 0 atom stereocenters. The number of rotatable bonds is 3. The molecule has 1 fully saturated rings. The number of thiophene rings is 1. The molecule has 0 unspecified atom stereocenters. The number of aromatic amines is 1. The van der Waals surface area contributed by atoms with Gasteiger partial charge in [0, 0.05) is 38.3 Å². The highest BCUT2D eigenvalue weighted by Crippen LogP contribution is 2.27. The molecule has 2 aromatic heterocycles. The van der Waals surface area contributed by atoms with Gasteiger partial charge in [-0.1, -0.05) is 0 Å². The molecule has 0 radical (unpaired) electrons. The molecule has 0 aromatic carbocycles.